The molecule has 0 unspecified atom stereocenters. The lowest BCUT2D eigenvalue weighted by Gasteiger charge is -2.10. The van der Waals surface area contributed by atoms with Gasteiger partial charge in [-0.2, -0.15) is 5.10 Å². The third-order valence-electron chi connectivity index (χ3n) is 3.21. The van der Waals surface area contributed by atoms with Crippen molar-refractivity contribution in [1.82, 2.24) is 19.3 Å². The smallest absolute Gasteiger partial charge is 0.147 e. The molecular weight excluding hydrogens is 260 g/mol. The number of fused-ring (bicyclic) bond motifs is 1. The summed E-state index contributed by atoms with van der Waals surface area (Å²) in [6.45, 7) is 4.90. The number of aromatic nitrogens is 4. The van der Waals surface area contributed by atoms with Crippen molar-refractivity contribution < 1.29 is 0 Å². The molecule has 4 nitrogen and oxygen atoms in total. The monoisotopic (exact) mass is 274 g/mol. The number of halogens is 1. The van der Waals surface area contributed by atoms with Gasteiger partial charge in [0.15, 0.2) is 0 Å². The largest absolute Gasteiger partial charge is 0.340 e. The molecule has 0 saturated carbocycles. The highest BCUT2D eigenvalue weighted by molar-refractivity contribution is 6.35. The Morgan fingerprint density at radius 2 is 2.11 bits per heavy atom. The summed E-state index contributed by atoms with van der Waals surface area (Å²) in [5.74, 6) is 0.951. The zero-order chi connectivity index (χ0) is 13.4. The van der Waals surface area contributed by atoms with E-state index in [9.17, 15) is 0 Å². The summed E-state index contributed by atoms with van der Waals surface area (Å²) in [5, 5.41) is 6.11. The molecule has 19 heavy (non-hydrogen) atoms. The first-order chi connectivity index (χ1) is 9.16. The molecule has 0 atom stereocenters. The first-order valence-corrected chi connectivity index (χ1v) is 6.66. The molecule has 0 fully saturated rings. The van der Waals surface area contributed by atoms with Gasteiger partial charge in [0.05, 0.1) is 6.54 Å². The van der Waals surface area contributed by atoms with Crippen LogP contribution in [0.2, 0.25) is 5.02 Å². The van der Waals surface area contributed by atoms with Crippen molar-refractivity contribution in [1.29, 1.82) is 0 Å². The summed E-state index contributed by atoms with van der Waals surface area (Å²) in [5.41, 5.74) is 1.12. The number of rotatable bonds is 3. The fourth-order valence-corrected chi connectivity index (χ4v) is 2.53. The van der Waals surface area contributed by atoms with Gasteiger partial charge in [-0.05, 0) is 32.0 Å². The van der Waals surface area contributed by atoms with E-state index in [4.69, 9.17) is 11.6 Å². The van der Waals surface area contributed by atoms with Gasteiger partial charge in [0, 0.05) is 28.2 Å². The maximum atomic E-state index is 6.19. The summed E-state index contributed by atoms with van der Waals surface area (Å²) in [4.78, 5) is 4.34. The molecule has 1 aromatic carbocycles. The molecule has 0 aliphatic rings. The van der Waals surface area contributed by atoms with Gasteiger partial charge in [0.25, 0.3) is 0 Å². The highest BCUT2D eigenvalue weighted by Crippen LogP contribution is 2.24. The summed E-state index contributed by atoms with van der Waals surface area (Å²) >= 11 is 6.19. The standard InChI is InChI=1S/C14H15ClN4/c1-10(2)19-14(16-9-17-19)8-18-7-6-11-12(15)4-3-5-13(11)18/h3-7,9-10H,8H2,1-2H3. The van der Waals surface area contributed by atoms with Crippen molar-refractivity contribution in [2.45, 2.75) is 26.4 Å². The van der Waals surface area contributed by atoms with E-state index in [-0.39, 0.29) is 0 Å². The van der Waals surface area contributed by atoms with Gasteiger partial charge in [-0.3, -0.25) is 0 Å². The number of hydrogen-bond acceptors (Lipinski definition) is 2. The van der Waals surface area contributed by atoms with E-state index in [0.717, 1.165) is 21.7 Å². The average Bonchev–Trinajstić information content (AvgIpc) is 2.98. The minimum absolute atomic E-state index is 0.308. The first kappa shape index (κ1) is 12.2. The predicted octanol–water partition coefficient (Wildman–Crippen LogP) is 3.52. The van der Waals surface area contributed by atoms with Crippen LogP contribution in [0.15, 0.2) is 36.8 Å². The first-order valence-electron chi connectivity index (χ1n) is 6.28. The minimum atomic E-state index is 0.308. The van der Waals surface area contributed by atoms with E-state index in [1.807, 2.05) is 29.1 Å². The molecule has 0 N–H and O–H groups in total. The molecule has 2 aromatic heterocycles. The Labute approximate surface area is 116 Å². The van der Waals surface area contributed by atoms with Gasteiger partial charge in [-0.25, -0.2) is 9.67 Å². The molecule has 3 rings (SSSR count). The molecule has 0 aliphatic heterocycles. The van der Waals surface area contributed by atoms with Crippen LogP contribution in [0.3, 0.4) is 0 Å². The lowest BCUT2D eigenvalue weighted by molar-refractivity contribution is 0.498. The normalized spacial score (nSPS) is 11.6. The Morgan fingerprint density at radius 3 is 2.89 bits per heavy atom. The highest BCUT2D eigenvalue weighted by Gasteiger charge is 2.10. The van der Waals surface area contributed by atoms with Gasteiger partial charge in [-0.1, -0.05) is 17.7 Å². The molecule has 0 amide bonds. The topological polar surface area (TPSA) is 35.6 Å². The second-order valence-corrected chi connectivity index (χ2v) is 5.24. The molecule has 0 aliphatic carbocycles. The van der Waals surface area contributed by atoms with Crippen LogP contribution in [0.25, 0.3) is 10.9 Å². The number of benzene rings is 1. The highest BCUT2D eigenvalue weighted by atomic mass is 35.5. The predicted molar refractivity (Wildman–Crippen MR) is 76.5 cm³/mol. The van der Waals surface area contributed by atoms with Crippen molar-refractivity contribution >= 4 is 22.5 Å². The summed E-state index contributed by atoms with van der Waals surface area (Å²) in [7, 11) is 0. The van der Waals surface area contributed by atoms with Crippen LogP contribution in [0.5, 0.6) is 0 Å². The molecule has 5 heteroatoms. The van der Waals surface area contributed by atoms with Gasteiger partial charge >= 0.3 is 0 Å². The fraction of sp³-hybridized carbons (Fsp3) is 0.286. The van der Waals surface area contributed by atoms with Crippen molar-refractivity contribution in [3.63, 3.8) is 0 Å². The Hall–Kier alpha value is -1.81. The zero-order valence-corrected chi connectivity index (χ0v) is 11.7. The Kier molecular flexibility index (Phi) is 3.03. The molecule has 0 spiro atoms. The molecule has 3 aromatic rings. The molecule has 0 bridgehead atoms. The quantitative estimate of drug-likeness (QED) is 0.733. The molecule has 98 valence electrons. The van der Waals surface area contributed by atoms with Gasteiger partial charge in [-0.15, -0.1) is 0 Å². The average molecular weight is 275 g/mol. The maximum Gasteiger partial charge on any atom is 0.147 e. The third-order valence-corrected chi connectivity index (χ3v) is 3.54. The SMILES string of the molecule is CC(C)n1ncnc1Cn1ccc2c(Cl)cccc21. The van der Waals surface area contributed by atoms with E-state index in [0.29, 0.717) is 12.6 Å². The minimum Gasteiger partial charge on any atom is -0.340 e. The van der Waals surface area contributed by atoms with Crippen molar-refractivity contribution in [3.05, 3.63) is 47.6 Å². The zero-order valence-electron chi connectivity index (χ0n) is 10.9. The van der Waals surface area contributed by atoms with E-state index in [1.54, 1.807) is 6.33 Å². The van der Waals surface area contributed by atoms with Crippen LogP contribution >= 0.6 is 11.6 Å². The lowest BCUT2D eigenvalue weighted by Crippen LogP contribution is -2.11. The van der Waals surface area contributed by atoms with E-state index < -0.39 is 0 Å². The second-order valence-electron chi connectivity index (χ2n) is 4.83. The van der Waals surface area contributed by atoms with Gasteiger partial charge in [0.1, 0.15) is 12.2 Å². The van der Waals surface area contributed by atoms with Crippen molar-refractivity contribution in [3.8, 4) is 0 Å². The molecule has 0 radical (unpaired) electrons. The van der Waals surface area contributed by atoms with Crippen LogP contribution < -0.4 is 0 Å². The number of nitrogens with zero attached hydrogens (tertiary/aromatic N) is 4. The van der Waals surface area contributed by atoms with Crippen LogP contribution in [-0.2, 0) is 6.54 Å². The fourth-order valence-electron chi connectivity index (χ4n) is 2.29. The van der Waals surface area contributed by atoms with Gasteiger partial charge in [0.2, 0.25) is 0 Å². The molecular formula is C14H15ClN4. The summed E-state index contributed by atoms with van der Waals surface area (Å²) in [6.07, 6.45) is 3.64. The second kappa shape index (κ2) is 4.70. The summed E-state index contributed by atoms with van der Waals surface area (Å²) in [6, 6.07) is 8.28. The van der Waals surface area contributed by atoms with E-state index in [1.165, 1.54) is 0 Å². The Bertz CT molecular complexity index is 711. The Balaban J connectivity index is 2.02. The molecule has 0 saturated heterocycles. The van der Waals surface area contributed by atoms with Crippen molar-refractivity contribution in [2.75, 3.05) is 0 Å². The van der Waals surface area contributed by atoms with Gasteiger partial charge < -0.3 is 4.57 Å². The van der Waals surface area contributed by atoms with Crippen LogP contribution in [0, 0.1) is 0 Å². The number of hydrogen-bond donors (Lipinski definition) is 0. The Morgan fingerprint density at radius 1 is 1.26 bits per heavy atom. The van der Waals surface area contributed by atoms with Crippen molar-refractivity contribution in [2.24, 2.45) is 0 Å². The third kappa shape index (κ3) is 2.12. The van der Waals surface area contributed by atoms with Crippen LogP contribution in [-0.4, -0.2) is 19.3 Å². The molecule has 2 heterocycles. The maximum absolute atomic E-state index is 6.19. The summed E-state index contributed by atoms with van der Waals surface area (Å²) < 4.78 is 4.08. The van der Waals surface area contributed by atoms with Crippen LogP contribution in [0.1, 0.15) is 25.7 Å². The van der Waals surface area contributed by atoms with Crippen LogP contribution in [0.4, 0.5) is 0 Å². The lowest BCUT2D eigenvalue weighted by atomic mass is 10.2. The van der Waals surface area contributed by atoms with E-state index >= 15 is 0 Å². The van der Waals surface area contributed by atoms with E-state index in [2.05, 4.69) is 34.6 Å².